The fraction of sp³-hybridized carbons (Fsp3) is 0.769. The Bertz CT molecular complexity index is 283. The van der Waals surface area contributed by atoms with Crippen LogP contribution < -0.4 is 17.9 Å². The molecule has 18 heavy (non-hydrogen) atoms. The van der Waals surface area contributed by atoms with Gasteiger partial charge in [-0.3, -0.25) is 0 Å². The van der Waals surface area contributed by atoms with Crippen LogP contribution in [0.4, 0.5) is 0 Å². The number of carbonyl (C=O) groups excluding carboxylic acids is 1. The average Bonchev–Trinajstić information content (AvgIpc) is 2.14. The molecule has 0 fully saturated rings. The number of hydroxylamine groups is 1. The minimum absolute atomic E-state index is 0. The minimum atomic E-state index is -0.394. The zero-order valence-corrected chi connectivity index (χ0v) is 13.2. The summed E-state index contributed by atoms with van der Waals surface area (Å²) in [5.74, 6) is -0.394. The lowest BCUT2D eigenvalue weighted by Crippen LogP contribution is -3.00. The number of rotatable bonds is 6. The Kier molecular flexibility index (Phi) is 8.52. The molecule has 0 aromatic carbocycles. The van der Waals surface area contributed by atoms with E-state index in [0.717, 1.165) is 17.4 Å². The fourth-order valence-corrected chi connectivity index (χ4v) is 1.09. The zero-order valence-electron chi connectivity index (χ0n) is 12.5. The van der Waals surface area contributed by atoms with Crippen LogP contribution in [-0.2, 0) is 9.63 Å². The highest BCUT2D eigenvalue weighted by Crippen LogP contribution is 2.18. The summed E-state index contributed by atoms with van der Waals surface area (Å²) >= 11 is 0. The SMILES string of the molecule is C=C(C)C(=O)ONCCC[N+](C)(C)C(C)(C)C.[Cl-]. The third-order valence-electron chi connectivity index (χ3n) is 3.33. The first-order valence-electron chi connectivity index (χ1n) is 6.00. The van der Waals surface area contributed by atoms with Crippen molar-refractivity contribution in [3.05, 3.63) is 12.2 Å². The van der Waals surface area contributed by atoms with Crippen LogP contribution in [-0.4, -0.2) is 43.2 Å². The van der Waals surface area contributed by atoms with E-state index in [9.17, 15) is 4.79 Å². The maximum absolute atomic E-state index is 11.1. The number of hydrogen-bond acceptors (Lipinski definition) is 3. The van der Waals surface area contributed by atoms with Gasteiger partial charge >= 0.3 is 5.97 Å². The molecule has 0 amide bonds. The van der Waals surface area contributed by atoms with E-state index in [1.54, 1.807) is 6.92 Å². The monoisotopic (exact) mass is 278 g/mol. The van der Waals surface area contributed by atoms with Crippen molar-refractivity contribution >= 4 is 5.97 Å². The van der Waals surface area contributed by atoms with Gasteiger partial charge in [0.15, 0.2) is 0 Å². The van der Waals surface area contributed by atoms with E-state index in [0.29, 0.717) is 12.1 Å². The second-order valence-electron chi connectivity index (χ2n) is 6.00. The van der Waals surface area contributed by atoms with Crippen molar-refractivity contribution in [2.75, 3.05) is 27.2 Å². The molecule has 0 saturated heterocycles. The topological polar surface area (TPSA) is 38.3 Å². The summed E-state index contributed by atoms with van der Waals surface area (Å²) in [5, 5.41) is 0. The number of hydrogen-bond donors (Lipinski definition) is 1. The van der Waals surface area contributed by atoms with Crippen LogP contribution in [0.2, 0.25) is 0 Å². The van der Waals surface area contributed by atoms with E-state index in [2.05, 4.69) is 46.9 Å². The van der Waals surface area contributed by atoms with Gasteiger partial charge in [-0.05, 0) is 27.7 Å². The van der Waals surface area contributed by atoms with Gasteiger partial charge in [-0.2, -0.15) is 5.48 Å². The van der Waals surface area contributed by atoms with Gasteiger partial charge in [0.2, 0.25) is 0 Å². The van der Waals surface area contributed by atoms with Gasteiger partial charge in [0.1, 0.15) is 0 Å². The molecule has 0 radical (unpaired) electrons. The largest absolute Gasteiger partial charge is 1.00 e. The van der Waals surface area contributed by atoms with Crippen LogP contribution in [0.3, 0.4) is 0 Å². The molecule has 0 aliphatic carbocycles. The van der Waals surface area contributed by atoms with Crippen LogP contribution in [0, 0.1) is 0 Å². The average molecular weight is 279 g/mol. The summed E-state index contributed by atoms with van der Waals surface area (Å²) in [6.07, 6.45) is 0.952. The molecule has 0 atom stereocenters. The van der Waals surface area contributed by atoms with E-state index in [1.165, 1.54) is 0 Å². The van der Waals surface area contributed by atoms with Crippen LogP contribution in [0.25, 0.3) is 0 Å². The Morgan fingerprint density at radius 3 is 2.22 bits per heavy atom. The maximum Gasteiger partial charge on any atom is 0.351 e. The lowest BCUT2D eigenvalue weighted by atomic mass is 10.0. The first-order valence-corrected chi connectivity index (χ1v) is 6.00. The summed E-state index contributed by atoms with van der Waals surface area (Å²) in [4.78, 5) is 15.9. The van der Waals surface area contributed by atoms with E-state index < -0.39 is 5.97 Å². The van der Waals surface area contributed by atoms with Crippen LogP contribution in [0.1, 0.15) is 34.1 Å². The van der Waals surface area contributed by atoms with Crippen molar-refractivity contribution < 1.29 is 26.5 Å². The van der Waals surface area contributed by atoms with Gasteiger partial charge in [-0.25, -0.2) is 4.79 Å². The van der Waals surface area contributed by atoms with Crippen molar-refractivity contribution in [2.45, 2.75) is 39.7 Å². The zero-order chi connectivity index (χ0) is 13.7. The second kappa shape index (κ2) is 7.77. The summed E-state index contributed by atoms with van der Waals surface area (Å²) in [6, 6.07) is 0. The summed E-state index contributed by atoms with van der Waals surface area (Å²) in [6.45, 7) is 13.5. The van der Waals surface area contributed by atoms with Crippen LogP contribution in [0.15, 0.2) is 12.2 Å². The van der Waals surface area contributed by atoms with Gasteiger partial charge in [0.25, 0.3) is 0 Å². The molecule has 0 rings (SSSR count). The molecule has 0 aliphatic heterocycles. The van der Waals surface area contributed by atoms with E-state index in [4.69, 9.17) is 4.84 Å². The quantitative estimate of drug-likeness (QED) is 0.290. The smallest absolute Gasteiger partial charge is 0.351 e. The van der Waals surface area contributed by atoms with Crippen molar-refractivity contribution in [3.8, 4) is 0 Å². The van der Waals surface area contributed by atoms with Gasteiger partial charge in [0, 0.05) is 18.5 Å². The molecule has 0 aliphatic rings. The number of quaternary nitrogens is 1. The highest BCUT2D eigenvalue weighted by molar-refractivity contribution is 5.86. The molecule has 108 valence electrons. The van der Waals surface area contributed by atoms with Gasteiger partial charge in [-0.15, -0.1) is 0 Å². The van der Waals surface area contributed by atoms with Crippen molar-refractivity contribution in [1.82, 2.24) is 5.48 Å². The Hall–Kier alpha value is -0.580. The maximum atomic E-state index is 11.1. The molecule has 5 heteroatoms. The lowest BCUT2D eigenvalue weighted by Gasteiger charge is -2.42. The predicted molar refractivity (Wildman–Crippen MR) is 70.3 cm³/mol. The number of carbonyl (C=O) groups is 1. The van der Waals surface area contributed by atoms with E-state index in [-0.39, 0.29) is 17.9 Å². The molecule has 0 spiro atoms. The van der Waals surface area contributed by atoms with E-state index >= 15 is 0 Å². The summed E-state index contributed by atoms with van der Waals surface area (Å²) in [5.41, 5.74) is 3.29. The Morgan fingerprint density at radius 1 is 1.33 bits per heavy atom. The van der Waals surface area contributed by atoms with Crippen molar-refractivity contribution in [1.29, 1.82) is 0 Å². The first-order chi connectivity index (χ1) is 7.58. The Morgan fingerprint density at radius 2 is 1.83 bits per heavy atom. The normalized spacial score (nSPS) is 11.7. The standard InChI is InChI=1S/C13H27N2O2.ClH/c1-11(2)12(16)17-14-9-8-10-15(6,7)13(3,4)5;/h14H,1,8-10H2,2-7H3;1H/q+1;/p-1. The Balaban J connectivity index is 0. The molecular weight excluding hydrogens is 252 g/mol. The molecule has 0 heterocycles. The Labute approximate surface area is 117 Å². The highest BCUT2D eigenvalue weighted by atomic mass is 35.5. The first kappa shape index (κ1) is 19.8. The van der Waals surface area contributed by atoms with Crippen molar-refractivity contribution in [2.24, 2.45) is 0 Å². The van der Waals surface area contributed by atoms with Gasteiger partial charge in [0.05, 0.1) is 26.2 Å². The van der Waals surface area contributed by atoms with Crippen LogP contribution >= 0.6 is 0 Å². The number of halogens is 1. The molecule has 0 aromatic heterocycles. The molecule has 0 saturated carbocycles. The highest BCUT2D eigenvalue weighted by Gasteiger charge is 2.30. The summed E-state index contributed by atoms with van der Waals surface area (Å²) < 4.78 is 0.934. The van der Waals surface area contributed by atoms with Gasteiger partial charge in [-0.1, -0.05) is 6.58 Å². The molecular formula is C13H27ClN2O2. The van der Waals surface area contributed by atoms with Gasteiger partial charge < -0.3 is 21.7 Å². The molecule has 4 nitrogen and oxygen atoms in total. The lowest BCUT2D eigenvalue weighted by molar-refractivity contribution is -0.935. The summed E-state index contributed by atoms with van der Waals surface area (Å²) in [7, 11) is 4.42. The third-order valence-corrected chi connectivity index (χ3v) is 3.33. The minimum Gasteiger partial charge on any atom is -1.00 e. The molecule has 1 N–H and O–H groups in total. The fourth-order valence-electron chi connectivity index (χ4n) is 1.09. The molecule has 0 unspecified atom stereocenters. The molecule has 0 aromatic rings. The number of nitrogens with zero attached hydrogens (tertiary/aromatic N) is 1. The predicted octanol–water partition coefficient (Wildman–Crippen LogP) is -1.12. The van der Waals surface area contributed by atoms with Crippen LogP contribution in [0.5, 0.6) is 0 Å². The molecule has 0 bridgehead atoms. The third kappa shape index (κ3) is 6.99. The van der Waals surface area contributed by atoms with E-state index in [1.807, 2.05) is 0 Å². The van der Waals surface area contributed by atoms with Crippen molar-refractivity contribution in [3.63, 3.8) is 0 Å². The number of nitrogens with one attached hydrogen (secondary N) is 1. The second-order valence-corrected chi connectivity index (χ2v) is 6.00.